The zero-order chi connectivity index (χ0) is 30.7. The number of fused-ring (bicyclic) bond motifs is 7. The second-order valence-corrected chi connectivity index (χ2v) is 17.1. The summed E-state index contributed by atoms with van der Waals surface area (Å²) in [7, 11) is 0. The van der Waals surface area contributed by atoms with Crippen molar-refractivity contribution in [2.75, 3.05) is 0 Å². The highest BCUT2D eigenvalue weighted by Crippen LogP contribution is 2.76. The van der Waals surface area contributed by atoms with Gasteiger partial charge in [0.15, 0.2) is 5.78 Å². The van der Waals surface area contributed by atoms with Gasteiger partial charge in [0.05, 0.1) is 17.7 Å². The number of halogens is 1. The van der Waals surface area contributed by atoms with Crippen LogP contribution in [-0.4, -0.2) is 22.0 Å². The minimum Gasteiger partial charge on any atom is -0.440 e. The van der Waals surface area contributed by atoms with Crippen LogP contribution in [0, 0.1) is 45.3 Å². The molecule has 5 aliphatic rings. The molecular formula is C38H50ClNO3. The number of aliphatic hydroxyl groups is 1. The molecule has 8 atom stereocenters. The number of nitrogens with zero attached hydrogens (tertiary/aromatic N) is 1. The van der Waals surface area contributed by atoms with E-state index in [2.05, 4.69) is 48.5 Å². The number of carbonyl (C=O) groups excluding carboxylic acids is 1. The van der Waals surface area contributed by atoms with Crippen molar-refractivity contribution in [2.24, 2.45) is 45.3 Å². The van der Waals surface area contributed by atoms with Gasteiger partial charge in [-0.15, -0.1) is 0 Å². The molecule has 7 rings (SSSR count). The quantitative estimate of drug-likeness (QED) is 0.379. The summed E-state index contributed by atoms with van der Waals surface area (Å²) < 4.78 is 6.63. The molecule has 0 aliphatic heterocycles. The Morgan fingerprint density at radius 3 is 2.33 bits per heavy atom. The Labute approximate surface area is 263 Å². The highest BCUT2D eigenvalue weighted by molar-refractivity contribution is 6.30. The molecule has 5 aliphatic carbocycles. The zero-order valence-corrected chi connectivity index (χ0v) is 28.0. The molecule has 0 bridgehead atoms. The van der Waals surface area contributed by atoms with Gasteiger partial charge in [-0.2, -0.15) is 0 Å². The molecule has 0 saturated heterocycles. The topological polar surface area (TPSA) is 63.3 Å². The van der Waals surface area contributed by atoms with Gasteiger partial charge in [-0.25, -0.2) is 4.98 Å². The minimum absolute atomic E-state index is 0.0485. The average Bonchev–Trinajstić information content (AvgIpc) is 3.55. The first-order chi connectivity index (χ1) is 20.2. The fourth-order valence-corrected chi connectivity index (χ4v) is 12.3. The van der Waals surface area contributed by atoms with E-state index in [-0.39, 0.29) is 33.7 Å². The van der Waals surface area contributed by atoms with Gasteiger partial charge in [-0.1, -0.05) is 60.1 Å². The number of rotatable bonds is 3. The van der Waals surface area contributed by atoms with Crippen molar-refractivity contribution in [1.29, 1.82) is 0 Å². The SMILES string of the molecule is CC(C)C1=C2C3CC[C@@H]4C5(C)CC[C@H](O)C(C)(C)[C@@H]5CCC4(C)[C@]3(C)CC[C@@]2(c2cnc(-c3ccc(Cl)cc3)o2)CC1=O. The molecule has 2 aromatic rings. The van der Waals surface area contributed by atoms with E-state index in [0.717, 1.165) is 49.0 Å². The highest BCUT2D eigenvalue weighted by atomic mass is 35.5. The number of aromatic nitrogens is 1. The standard InChI is InChI=1S/C38H50ClNO3/c1-22(2)31-26(41)20-38(30-21-40-33(43-30)23-8-10-24(39)11-9-23)19-18-36(6)25(32(31)38)12-13-28-35(5)16-15-29(42)34(3,4)27(35)14-17-37(28,36)7/h8-11,21-22,25,27-29,42H,12-20H2,1-7H3/t25?,27-,28+,29-,35?,36+,37?,38-/m0/s1. The largest absolute Gasteiger partial charge is 0.440 e. The van der Waals surface area contributed by atoms with Crippen molar-refractivity contribution in [1.82, 2.24) is 4.98 Å². The van der Waals surface area contributed by atoms with E-state index in [1.54, 1.807) is 0 Å². The van der Waals surface area contributed by atoms with Gasteiger partial charge in [0.25, 0.3) is 0 Å². The van der Waals surface area contributed by atoms with E-state index in [1.807, 2.05) is 30.5 Å². The van der Waals surface area contributed by atoms with Crippen molar-refractivity contribution in [3.05, 3.63) is 52.4 Å². The molecule has 0 amide bonds. The molecule has 1 aromatic carbocycles. The van der Waals surface area contributed by atoms with Crippen LogP contribution < -0.4 is 0 Å². The molecule has 1 N–H and O–H groups in total. The lowest BCUT2D eigenvalue weighted by atomic mass is 9.33. The number of ketones is 1. The smallest absolute Gasteiger partial charge is 0.226 e. The summed E-state index contributed by atoms with van der Waals surface area (Å²) in [5.41, 5.74) is 3.44. The van der Waals surface area contributed by atoms with Crippen LogP contribution in [0.25, 0.3) is 11.5 Å². The normalized spacial score (nSPS) is 42.0. The Balaban J connectivity index is 1.32. The van der Waals surface area contributed by atoms with Crippen LogP contribution in [0.3, 0.4) is 0 Å². The molecular weight excluding hydrogens is 554 g/mol. The Hall–Kier alpha value is -1.91. The van der Waals surface area contributed by atoms with Gasteiger partial charge < -0.3 is 9.52 Å². The lowest BCUT2D eigenvalue weighted by Gasteiger charge is -2.72. The van der Waals surface area contributed by atoms with Crippen molar-refractivity contribution < 1.29 is 14.3 Å². The van der Waals surface area contributed by atoms with Gasteiger partial charge in [-0.3, -0.25) is 4.79 Å². The molecule has 1 aromatic heterocycles. The number of benzene rings is 1. The zero-order valence-electron chi connectivity index (χ0n) is 27.2. The third kappa shape index (κ3) is 3.84. The number of hydrogen-bond donors (Lipinski definition) is 1. The van der Waals surface area contributed by atoms with Crippen LogP contribution in [-0.2, 0) is 10.2 Å². The fourth-order valence-electron chi connectivity index (χ4n) is 12.1. The number of allylic oxidation sites excluding steroid dienone is 2. The maximum absolute atomic E-state index is 14.0. The van der Waals surface area contributed by atoms with Gasteiger partial charge in [0.2, 0.25) is 5.89 Å². The van der Waals surface area contributed by atoms with Crippen molar-refractivity contribution in [3.63, 3.8) is 0 Å². The Kier molecular flexibility index (Phi) is 6.61. The Bertz CT molecular complexity index is 1490. The van der Waals surface area contributed by atoms with Gasteiger partial charge >= 0.3 is 0 Å². The third-order valence-electron chi connectivity index (χ3n) is 14.5. The first-order valence-corrected chi connectivity index (χ1v) is 17.2. The van der Waals surface area contributed by atoms with Crippen LogP contribution in [0.4, 0.5) is 0 Å². The lowest BCUT2D eigenvalue weighted by Crippen LogP contribution is -2.65. The maximum atomic E-state index is 14.0. The summed E-state index contributed by atoms with van der Waals surface area (Å²) >= 11 is 6.16. The van der Waals surface area contributed by atoms with Crippen LogP contribution in [0.2, 0.25) is 5.02 Å². The molecule has 43 heavy (non-hydrogen) atoms. The van der Waals surface area contributed by atoms with Crippen molar-refractivity contribution in [2.45, 2.75) is 118 Å². The fraction of sp³-hybridized carbons (Fsp3) is 0.684. The van der Waals surface area contributed by atoms with Crippen LogP contribution >= 0.6 is 11.6 Å². The van der Waals surface area contributed by atoms with Crippen LogP contribution in [0.1, 0.15) is 112 Å². The van der Waals surface area contributed by atoms with E-state index in [9.17, 15) is 9.90 Å². The van der Waals surface area contributed by atoms with E-state index in [0.29, 0.717) is 40.9 Å². The highest BCUT2D eigenvalue weighted by Gasteiger charge is 2.70. The van der Waals surface area contributed by atoms with Gasteiger partial charge in [-0.05, 0) is 132 Å². The van der Waals surface area contributed by atoms with E-state index < -0.39 is 5.41 Å². The molecule has 0 radical (unpaired) electrons. The lowest BCUT2D eigenvalue weighted by molar-refractivity contribution is -0.227. The second kappa shape index (κ2) is 9.55. The summed E-state index contributed by atoms with van der Waals surface area (Å²) in [6, 6.07) is 7.65. The van der Waals surface area contributed by atoms with E-state index >= 15 is 0 Å². The monoisotopic (exact) mass is 603 g/mol. The Morgan fingerprint density at radius 2 is 1.63 bits per heavy atom. The number of carbonyl (C=O) groups is 1. The molecule has 4 fully saturated rings. The number of hydrogen-bond acceptors (Lipinski definition) is 4. The summed E-state index contributed by atoms with van der Waals surface area (Å²) in [4.78, 5) is 18.8. The first-order valence-electron chi connectivity index (χ1n) is 16.9. The molecule has 4 nitrogen and oxygen atoms in total. The number of aliphatic hydroxyl groups excluding tert-OH is 1. The summed E-state index contributed by atoms with van der Waals surface area (Å²) in [5, 5.41) is 11.8. The number of oxazole rings is 1. The molecule has 232 valence electrons. The average molecular weight is 604 g/mol. The minimum atomic E-state index is -0.403. The first kappa shape index (κ1) is 29.8. The number of Topliss-reactive ketones (excluding diaryl/α,β-unsaturated/α-hetero) is 1. The summed E-state index contributed by atoms with van der Waals surface area (Å²) in [6.07, 6.45) is 11.0. The molecule has 3 unspecified atom stereocenters. The van der Waals surface area contributed by atoms with Crippen molar-refractivity contribution in [3.8, 4) is 11.5 Å². The van der Waals surface area contributed by atoms with Crippen LogP contribution in [0.5, 0.6) is 0 Å². The molecule has 5 heteroatoms. The Morgan fingerprint density at radius 1 is 0.907 bits per heavy atom. The molecule has 4 saturated carbocycles. The summed E-state index contributed by atoms with van der Waals surface area (Å²) in [5.74, 6) is 3.49. The molecule has 1 heterocycles. The van der Waals surface area contributed by atoms with E-state index in [4.69, 9.17) is 21.0 Å². The second-order valence-electron chi connectivity index (χ2n) is 16.7. The predicted octanol–water partition coefficient (Wildman–Crippen LogP) is 9.59. The third-order valence-corrected chi connectivity index (χ3v) is 14.7. The van der Waals surface area contributed by atoms with Crippen molar-refractivity contribution >= 4 is 17.4 Å². The van der Waals surface area contributed by atoms with Gasteiger partial charge in [0.1, 0.15) is 5.76 Å². The van der Waals surface area contributed by atoms with E-state index in [1.165, 1.54) is 24.8 Å². The van der Waals surface area contributed by atoms with Crippen LogP contribution in [0.15, 0.2) is 46.0 Å². The molecule has 0 spiro atoms. The summed E-state index contributed by atoms with van der Waals surface area (Å²) in [6.45, 7) is 16.8. The van der Waals surface area contributed by atoms with Gasteiger partial charge in [0, 0.05) is 17.0 Å². The maximum Gasteiger partial charge on any atom is 0.226 e. The predicted molar refractivity (Wildman–Crippen MR) is 172 cm³/mol.